The van der Waals surface area contributed by atoms with Gasteiger partial charge in [-0.15, -0.1) is 11.3 Å². The van der Waals surface area contributed by atoms with E-state index in [4.69, 9.17) is 14.2 Å². The van der Waals surface area contributed by atoms with Crippen molar-refractivity contribution in [2.75, 3.05) is 25.1 Å². The number of alkyl halides is 3. The van der Waals surface area contributed by atoms with Gasteiger partial charge in [0.2, 0.25) is 5.91 Å². The second-order valence-electron chi connectivity index (χ2n) is 7.67. The average Bonchev–Trinajstić information content (AvgIpc) is 3.30. The Morgan fingerprint density at radius 1 is 1.15 bits per heavy atom. The third-order valence-electron chi connectivity index (χ3n) is 4.71. The number of carbonyl (C=O) groups is 2. The van der Waals surface area contributed by atoms with Gasteiger partial charge in [0.05, 0.1) is 40.7 Å². The monoisotopic (exact) mass is 676 g/mol. The number of benzene rings is 2. The first-order valence-electron chi connectivity index (χ1n) is 11.5. The normalized spacial score (nSPS) is 11.3. The van der Waals surface area contributed by atoms with E-state index in [1.165, 1.54) is 18.3 Å². The molecule has 0 saturated heterocycles. The van der Waals surface area contributed by atoms with Gasteiger partial charge >= 0.3 is 12.1 Å². The highest BCUT2D eigenvalue weighted by Gasteiger charge is 2.30. The lowest BCUT2D eigenvalue weighted by Gasteiger charge is -2.14. The quantitative estimate of drug-likeness (QED) is 0.112. The number of anilines is 2. The zero-order valence-electron chi connectivity index (χ0n) is 20.8. The Morgan fingerprint density at radius 3 is 2.67 bits per heavy atom. The number of esters is 1. The molecule has 3 aromatic rings. The summed E-state index contributed by atoms with van der Waals surface area (Å²) < 4.78 is 55.5. The predicted octanol–water partition coefficient (Wildman–Crippen LogP) is 5.54. The van der Waals surface area contributed by atoms with Crippen LogP contribution in [0.15, 0.2) is 46.9 Å². The van der Waals surface area contributed by atoms with E-state index in [9.17, 15) is 22.8 Å². The molecule has 0 spiro atoms. The lowest BCUT2D eigenvalue weighted by Crippen LogP contribution is -2.20. The van der Waals surface area contributed by atoms with Crippen molar-refractivity contribution < 1.29 is 37.0 Å². The van der Waals surface area contributed by atoms with E-state index < -0.39 is 23.6 Å². The third kappa shape index (κ3) is 9.38. The van der Waals surface area contributed by atoms with Gasteiger partial charge in [0.1, 0.15) is 0 Å². The Morgan fingerprint density at radius 2 is 1.95 bits per heavy atom. The third-order valence-corrected chi connectivity index (χ3v) is 6.32. The number of halogens is 4. The number of hydrogen-bond acceptors (Lipinski definition) is 9. The minimum atomic E-state index is -4.45. The predicted molar refractivity (Wildman–Crippen MR) is 149 cm³/mol. The van der Waals surface area contributed by atoms with Crippen LogP contribution in [-0.4, -0.2) is 42.9 Å². The van der Waals surface area contributed by atoms with E-state index in [0.29, 0.717) is 38.1 Å². The average molecular weight is 676 g/mol. The molecule has 2 aromatic carbocycles. The van der Waals surface area contributed by atoms with Crippen LogP contribution in [0.2, 0.25) is 0 Å². The number of hydrazone groups is 1. The van der Waals surface area contributed by atoms with Crippen LogP contribution in [0.25, 0.3) is 0 Å². The standard InChI is InChI=1S/C25H24F3IN4O5S/c1-3-36-20-9-15(8-19(29)23(20)38-13-22(35)37-4-2)12-30-33-21(34)11-18-14-39-24(32-18)31-17-7-5-6-16(10-17)25(26,27)28/h5-10,12,14H,3-4,11,13H2,1-2H3,(H,31,32)(H,33,34)/b30-12-. The number of aromatic nitrogens is 1. The molecule has 0 radical (unpaired) electrons. The number of amides is 1. The van der Waals surface area contributed by atoms with Crippen LogP contribution >= 0.6 is 33.9 Å². The summed E-state index contributed by atoms with van der Waals surface area (Å²) in [4.78, 5) is 28.2. The molecule has 208 valence electrons. The first-order chi connectivity index (χ1) is 18.6. The molecule has 0 atom stereocenters. The van der Waals surface area contributed by atoms with Crippen LogP contribution in [-0.2, 0) is 26.9 Å². The molecule has 3 rings (SSSR count). The number of nitrogens with zero attached hydrogens (tertiary/aromatic N) is 2. The van der Waals surface area contributed by atoms with Gasteiger partial charge in [-0.2, -0.15) is 18.3 Å². The van der Waals surface area contributed by atoms with Crippen molar-refractivity contribution in [2.45, 2.75) is 26.4 Å². The van der Waals surface area contributed by atoms with Gasteiger partial charge in [-0.25, -0.2) is 15.2 Å². The summed E-state index contributed by atoms with van der Waals surface area (Å²) in [5.41, 5.74) is 2.92. The Hall–Kier alpha value is -3.40. The van der Waals surface area contributed by atoms with E-state index in [1.54, 1.807) is 24.4 Å². The van der Waals surface area contributed by atoms with Crippen molar-refractivity contribution in [3.8, 4) is 11.5 Å². The Kier molecular flexibility index (Phi) is 10.9. The second kappa shape index (κ2) is 14.1. The van der Waals surface area contributed by atoms with Gasteiger partial charge < -0.3 is 19.5 Å². The molecule has 0 aliphatic rings. The summed E-state index contributed by atoms with van der Waals surface area (Å²) in [7, 11) is 0. The zero-order chi connectivity index (χ0) is 28.4. The van der Waals surface area contributed by atoms with Gasteiger partial charge in [-0.3, -0.25) is 4.79 Å². The highest BCUT2D eigenvalue weighted by molar-refractivity contribution is 14.1. The molecule has 0 aliphatic carbocycles. The number of nitrogens with one attached hydrogen (secondary N) is 2. The summed E-state index contributed by atoms with van der Waals surface area (Å²) in [6, 6.07) is 8.16. The van der Waals surface area contributed by atoms with Gasteiger partial charge in [-0.05, 0) is 72.3 Å². The van der Waals surface area contributed by atoms with E-state index in [1.807, 2.05) is 29.5 Å². The summed E-state index contributed by atoms with van der Waals surface area (Å²) in [5.74, 6) is -0.131. The number of carbonyl (C=O) groups excluding carboxylic acids is 2. The summed E-state index contributed by atoms with van der Waals surface area (Å²) in [6.45, 7) is 3.86. The Balaban J connectivity index is 1.58. The SMILES string of the molecule is CCOC(=O)COc1c(I)cc(/C=N\NC(=O)Cc2csc(Nc3cccc(C(F)(F)F)c3)n2)cc1OCC. The molecular weight excluding hydrogens is 652 g/mol. The number of hydrogen-bond donors (Lipinski definition) is 2. The molecule has 9 nitrogen and oxygen atoms in total. The van der Waals surface area contributed by atoms with Crippen molar-refractivity contribution in [1.82, 2.24) is 10.4 Å². The van der Waals surface area contributed by atoms with Gasteiger partial charge in [0.15, 0.2) is 23.2 Å². The maximum atomic E-state index is 12.9. The van der Waals surface area contributed by atoms with E-state index in [-0.39, 0.29) is 25.3 Å². The molecule has 0 saturated carbocycles. The summed E-state index contributed by atoms with van der Waals surface area (Å²) in [5, 5.41) is 8.77. The van der Waals surface area contributed by atoms with Crippen molar-refractivity contribution >= 4 is 62.8 Å². The molecule has 14 heteroatoms. The van der Waals surface area contributed by atoms with Crippen LogP contribution in [0.5, 0.6) is 11.5 Å². The Labute approximate surface area is 239 Å². The van der Waals surface area contributed by atoms with Crippen molar-refractivity contribution in [3.63, 3.8) is 0 Å². The van der Waals surface area contributed by atoms with Crippen LogP contribution < -0.4 is 20.2 Å². The maximum absolute atomic E-state index is 12.9. The van der Waals surface area contributed by atoms with E-state index in [0.717, 1.165) is 23.5 Å². The maximum Gasteiger partial charge on any atom is 0.416 e. The fraction of sp³-hybridized carbons (Fsp3) is 0.280. The molecule has 0 bridgehead atoms. The summed E-state index contributed by atoms with van der Waals surface area (Å²) in [6.07, 6.45) is -3.10. The van der Waals surface area contributed by atoms with Crippen LogP contribution in [0.3, 0.4) is 0 Å². The van der Waals surface area contributed by atoms with E-state index >= 15 is 0 Å². The fourth-order valence-corrected chi connectivity index (χ4v) is 4.64. The molecule has 1 amide bonds. The lowest BCUT2D eigenvalue weighted by molar-refractivity contribution is -0.145. The van der Waals surface area contributed by atoms with E-state index in [2.05, 4.69) is 20.8 Å². The molecule has 0 fully saturated rings. The smallest absolute Gasteiger partial charge is 0.416 e. The molecule has 2 N–H and O–H groups in total. The largest absolute Gasteiger partial charge is 0.490 e. The highest BCUT2D eigenvalue weighted by Crippen LogP contribution is 2.34. The van der Waals surface area contributed by atoms with Crippen LogP contribution in [0, 0.1) is 3.57 Å². The number of rotatable bonds is 12. The Bertz CT molecular complexity index is 1330. The van der Waals surface area contributed by atoms with Crippen LogP contribution in [0.4, 0.5) is 24.0 Å². The number of ether oxygens (including phenoxy) is 3. The highest BCUT2D eigenvalue weighted by atomic mass is 127. The van der Waals surface area contributed by atoms with Gasteiger partial charge in [0, 0.05) is 11.1 Å². The second-order valence-corrected chi connectivity index (χ2v) is 9.69. The molecule has 0 unspecified atom stereocenters. The first-order valence-corrected chi connectivity index (χ1v) is 13.5. The topological polar surface area (TPSA) is 111 Å². The van der Waals surface area contributed by atoms with Crippen molar-refractivity contribution in [1.29, 1.82) is 0 Å². The molecular formula is C25H24F3IN4O5S. The lowest BCUT2D eigenvalue weighted by atomic mass is 10.2. The van der Waals surface area contributed by atoms with Gasteiger partial charge in [-0.1, -0.05) is 6.07 Å². The first kappa shape index (κ1) is 30.1. The molecule has 1 heterocycles. The van der Waals surface area contributed by atoms with Crippen LogP contribution in [0.1, 0.15) is 30.7 Å². The molecule has 1 aromatic heterocycles. The fourth-order valence-electron chi connectivity index (χ4n) is 3.12. The number of thiazole rings is 1. The minimum absolute atomic E-state index is 0.0829. The van der Waals surface area contributed by atoms with Crippen molar-refractivity contribution in [3.05, 3.63) is 62.2 Å². The molecule has 0 aliphatic heterocycles. The van der Waals surface area contributed by atoms with Gasteiger partial charge in [0.25, 0.3) is 0 Å². The molecule has 39 heavy (non-hydrogen) atoms. The van der Waals surface area contributed by atoms with Crippen molar-refractivity contribution in [2.24, 2.45) is 5.10 Å². The zero-order valence-corrected chi connectivity index (χ0v) is 23.8. The minimum Gasteiger partial charge on any atom is -0.490 e. The summed E-state index contributed by atoms with van der Waals surface area (Å²) >= 11 is 3.20.